The number of nitrogens with zero attached hydrogens (tertiary/aromatic N) is 1. The Morgan fingerprint density at radius 2 is 1.33 bits per heavy atom. The van der Waals surface area contributed by atoms with Crippen LogP contribution in [0.4, 0.5) is 0 Å². The summed E-state index contributed by atoms with van der Waals surface area (Å²) in [6.45, 7) is 20.6. The lowest BCUT2D eigenvalue weighted by molar-refractivity contribution is -0.319. The van der Waals surface area contributed by atoms with Crippen LogP contribution in [0.15, 0.2) is 72.8 Å². The highest BCUT2D eigenvalue weighted by molar-refractivity contribution is 5.90. The average Bonchev–Trinajstić information content (AvgIpc) is 3.31. The monoisotopic (exact) mass is 940 g/mol. The summed E-state index contributed by atoms with van der Waals surface area (Å²) in [6.07, 6.45) is -9.06. The van der Waals surface area contributed by atoms with E-state index in [2.05, 4.69) is 6.58 Å². The Morgan fingerprint density at radius 3 is 1.87 bits per heavy atom. The van der Waals surface area contributed by atoms with Gasteiger partial charge in [0.15, 0.2) is 24.8 Å². The normalized spacial score (nSPS) is 39.2. The topological polar surface area (TPSA) is 178 Å². The van der Waals surface area contributed by atoms with Gasteiger partial charge in [0.25, 0.3) is 0 Å². The van der Waals surface area contributed by atoms with Crippen LogP contribution in [-0.2, 0) is 47.4 Å². The van der Waals surface area contributed by atoms with E-state index in [4.69, 9.17) is 42.6 Å². The number of esters is 3. The van der Waals surface area contributed by atoms with Gasteiger partial charge in [-0.25, -0.2) is 9.59 Å². The summed E-state index contributed by atoms with van der Waals surface area (Å²) in [6, 6.07) is 17.0. The Kier molecular flexibility index (Phi) is 18.8. The van der Waals surface area contributed by atoms with Crippen LogP contribution in [0.2, 0.25) is 0 Å². The maximum atomic E-state index is 14.6. The van der Waals surface area contributed by atoms with Gasteiger partial charge in [-0.1, -0.05) is 70.7 Å². The highest BCUT2D eigenvalue weighted by atomic mass is 16.7. The number of aliphatic hydroxyl groups is 2. The summed E-state index contributed by atoms with van der Waals surface area (Å²) in [5, 5.41) is 23.5. The second kappa shape index (κ2) is 23.2. The van der Waals surface area contributed by atoms with Gasteiger partial charge < -0.3 is 57.7 Å². The molecule has 0 saturated carbocycles. The summed E-state index contributed by atoms with van der Waals surface area (Å²) in [5.41, 5.74) is -1.36. The van der Waals surface area contributed by atoms with Gasteiger partial charge in [-0.05, 0) is 104 Å². The van der Waals surface area contributed by atoms with Crippen LogP contribution < -0.4 is 0 Å². The van der Waals surface area contributed by atoms with Crippen LogP contribution in [0.3, 0.4) is 0 Å². The molecule has 15 nitrogen and oxygen atoms in total. The number of methoxy groups -OCH3 is 2. The SMILES string of the molecule is C=C1[C@@H](CC)OC(=O)[C@H](C)[C@@H](OC2C[C@@](C)(OC)[C@@H](OC(=O)c3ccccc3)[C@H](C)O2)[C@H](C)[C@@H](OC2O[C@H](C)C[C@H](N(C)C)[C@H]2OC(=O)c2ccccc2)[C@@](C)(OC)C[C@@H](C)[C@H](O)[C@H](C)[C@H]1O. The van der Waals surface area contributed by atoms with Crippen molar-refractivity contribution >= 4 is 17.9 Å². The number of ether oxygens (including phenoxy) is 9. The molecule has 15 heteroatoms. The van der Waals surface area contributed by atoms with Gasteiger partial charge in [0.2, 0.25) is 0 Å². The smallest absolute Gasteiger partial charge is 0.338 e. The van der Waals surface area contributed by atoms with Crippen molar-refractivity contribution in [2.24, 2.45) is 23.7 Å². The van der Waals surface area contributed by atoms with Crippen molar-refractivity contribution in [3.05, 3.63) is 83.9 Å². The molecule has 2 unspecified atom stereocenters. The number of likely N-dealkylation sites (N-methyl/N-ethyl adjacent to an activating group) is 1. The lowest BCUT2D eigenvalue weighted by Gasteiger charge is -2.50. The van der Waals surface area contributed by atoms with Gasteiger partial charge >= 0.3 is 17.9 Å². The first-order valence-corrected chi connectivity index (χ1v) is 23.7. The summed E-state index contributed by atoms with van der Waals surface area (Å²) in [5.74, 6) is -4.67. The molecule has 2 aromatic rings. The van der Waals surface area contributed by atoms with Crippen molar-refractivity contribution in [3.63, 3.8) is 0 Å². The zero-order valence-corrected chi connectivity index (χ0v) is 41.8. The fourth-order valence-corrected chi connectivity index (χ4v) is 10.2. The standard InChI is InChI=1S/C52H77NO14/c1-15-39-31(4)42(55)32(5)41(54)29(2)27-51(9,59-13)45(67-50-44(38(53(11)12)26-30(3)61-50)65-48(57)36-22-18-16-19-23-36)33(6)43(34(7)47(56)63-39)64-40-28-52(10,60-14)46(35(8)62-40)66-49(58)37-24-20-17-21-25-37/h16-25,29-30,32-35,38-46,50,54-55H,4,15,26-28H2,1-3,5-14H3/t29-,30-,32+,33+,34-,35+,38+,39-,40?,41+,42+,43+,44-,45-,46+,50?,51+,52-/m1/s1. The Hall–Kier alpha value is -3.77. The van der Waals surface area contributed by atoms with E-state index >= 15 is 0 Å². The van der Waals surface area contributed by atoms with Crippen molar-refractivity contribution in [2.75, 3.05) is 28.3 Å². The number of carbonyl (C=O) groups is 3. The molecule has 0 aliphatic carbocycles. The van der Waals surface area contributed by atoms with Crippen LogP contribution in [0.25, 0.3) is 0 Å². The van der Waals surface area contributed by atoms with E-state index in [0.717, 1.165) is 0 Å². The van der Waals surface area contributed by atoms with Crippen molar-refractivity contribution in [3.8, 4) is 0 Å². The Bertz CT molecular complexity index is 1930. The summed E-state index contributed by atoms with van der Waals surface area (Å²) >= 11 is 0. The third-order valence-electron chi connectivity index (χ3n) is 14.5. The molecule has 3 saturated heterocycles. The van der Waals surface area contributed by atoms with Crippen molar-refractivity contribution in [1.82, 2.24) is 4.90 Å². The van der Waals surface area contributed by atoms with Gasteiger partial charge in [0, 0.05) is 32.5 Å². The van der Waals surface area contributed by atoms with Crippen LogP contribution in [0.5, 0.6) is 0 Å². The molecule has 2 N–H and O–H groups in total. The zero-order valence-electron chi connectivity index (χ0n) is 41.8. The number of aliphatic hydroxyl groups excluding tert-OH is 2. The highest BCUT2D eigenvalue weighted by Crippen LogP contribution is 2.43. The first kappa shape index (κ1) is 54.2. The van der Waals surface area contributed by atoms with Crippen molar-refractivity contribution < 1.29 is 67.2 Å². The summed E-state index contributed by atoms with van der Waals surface area (Å²) in [4.78, 5) is 43.8. The molecule has 0 bridgehead atoms. The summed E-state index contributed by atoms with van der Waals surface area (Å²) in [7, 11) is 6.91. The Morgan fingerprint density at radius 1 is 0.776 bits per heavy atom. The molecule has 0 amide bonds. The summed E-state index contributed by atoms with van der Waals surface area (Å²) < 4.78 is 58.6. The maximum absolute atomic E-state index is 14.6. The molecule has 3 aliphatic heterocycles. The van der Waals surface area contributed by atoms with Gasteiger partial charge in [0.05, 0.1) is 65.3 Å². The second-order valence-electron chi connectivity index (χ2n) is 19.7. The molecule has 3 fully saturated rings. The number of benzene rings is 2. The number of hydrogen-bond acceptors (Lipinski definition) is 15. The molecular weight excluding hydrogens is 863 g/mol. The van der Waals surface area contributed by atoms with E-state index in [-0.39, 0.29) is 30.6 Å². The van der Waals surface area contributed by atoms with E-state index < -0.39 is 114 Å². The van der Waals surface area contributed by atoms with Crippen LogP contribution >= 0.6 is 0 Å². The van der Waals surface area contributed by atoms with E-state index in [9.17, 15) is 24.6 Å². The number of cyclic esters (lactones) is 1. The van der Waals surface area contributed by atoms with E-state index in [1.165, 1.54) is 7.11 Å². The van der Waals surface area contributed by atoms with E-state index in [1.54, 1.807) is 76.4 Å². The molecule has 374 valence electrons. The first-order chi connectivity index (χ1) is 31.6. The van der Waals surface area contributed by atoms with Gasteiger partial charge in [-0.3, -0.25) is 4.79 Å². The maximum Gasteiger partial charge on any atom is 0.338 e. The lowest BCUT2D eigenvalue weighted by atomic mass is 9.74. The van der Waals surface area contributed by atoms with Gasteiger partial charge in [0.1, 0.15) is 11.7 Å². The molecule has 0 spiro atoms. The Labute approximate surface area is 397 Å². The van der Waals surface area contributed by atoms with Crippen LogP contribution in [0.1, 0.15) is 109 Å². The minimum Gasteiger partial charge on any atom is -0.457 e. The minimum absolute atomic E-state index is 0.0889. The largest absolute Gasteiger partial charge is 0.457 e. The quantitative estimate of drug-likeness (QED) is 0.129. The molecule has 0 radical (unpaired) electrons. The second-order valence-corrected chi connectivity index (χ2v) is 19.7. The van der Waals surface area contributed by atoms with Gasteiger partial charge in [-0.15, -0.1) is 0 Å². The molecular formula is C52H77NO14. The van der Waals surface area contributed by atoms with Crippen LogP contribution in [0, 0.1) is 23.7 Å². The Balaban J connectivity index is 1.61. The predicted molar refractivity (Wildman–Crippen MR) is 250 cm³/mol. The van der Waals surface area contributed by atoms with Gasteiger partial charge in [-0.2, -0.15) is 0 Å². The fourth-order valence-electron chi connectivity index (χ4n) is 10.2. The minimum atomic E-state index is -1.26. The fraction of sp³-hybridized carbons (Fsp3) is 0.673. The third-order valence-corrected chi connectivity index (χ3v) is 14.5. The number of carbonyl (C=O) groups excluding carboxylic acids is 3. The van der Waals surface area contributed by atoms with Crippen LogP contribution in [-0.4, -0.2) is 146 Å². The molecule has 67 heavy (non-hydrogen) atoms. The lowest BCUT2D eigenvalue weighted by Crippen LogP contribution is -2.62. The van der Waals surface area contributed by atoms with Crippen molar-refractivity contribution in [1.29, 1.82) is 0 Å². The zero-order chi connectivity index (χ0) is 49.5. The molecule has 3 heterocycles. The average molecular weight is 940 g/mol. The molecule has 18 atom stereocenters. The first-order valence-electron chi connectivity index (χ1n) is 23.7. The predicted octanol–water partition coefficient (Wildman–Crippen LogP) is 6.77. The number of rotatable bonds is 12. The third kappa shape index (κ3) is 12.5. The van der Waals surface area contributed by atoms with Crippen molar-refractivity contribution in [2.45, 2.75) is 173 Å². The molecule has 5 rings (SSSR count). The molecule has 2 aromatic carbocycles. The van der Waals surface area contributed by atoms with E-state index in [1.807, 2.05) is 72.7 Å². The molecule has 3 aliphatic rings. The number of hydrogen-bond donors (Lipinski definition) is 2. The molecule has 0 aromatic heterocycles. The highest BCUT2D eigenvalue weighted by Gasteiger charge is 2.54. The van der Waals surface area contributed by atoms with E-state index in [0.29, 0.717) is 24.0 Å².